The zero-order valence-electron chi connectivity index (χ0n) is 6.53. The largest absolute Gasteiger partial charge is 0.241 e. The monoisotopic (exact) mass is 174 g/mol. The van der Waals surface area contributed by atoms with E-state index in [2.05, 4.69) is 11.1 Å². The van der Waals surface area contributed by atoms with Gasteiger partial charge in [0, 0.05) is 6.42 Å². The summed E-state index contributed by atoms with van der Waals surface area (Å²) >= 11 is 1.70. The second kappa shape index (κ2) is 3.07. The normalized spacial score (nSPS) is 10.3. The Morgan fingerprint density at radius 1 is 1.42 bits per heavy atom. The molecule has 2 heteroatoms. The average Bonchev–Trinajstić information content (AvgIpc) is 2.47. The van der Waals surface area contributed by atoms with Crippen LogP contribution in [0.4, 0.5) is 0 Å². The van der Waals surface area contributed by atoms with E-state index in [1.54, 1.807) is 17.4 Å². The first-order valence-electron chi connectivity index (χ1n) is 3.78. The standard InChI is InChI=1S/C10H8NS/c1-2-5-10-11-8-6-3-4-7-9(8)12-10/h1-4,6-7H,5H2. The molecule has 0 aliphatic carbocycles. The summed E-state index contributed by atoms with van der Waals surface area (Å²) in [5.41, 5.74) is 1.07. The van der Waals surface area contributed by atoms with Crippen molar-refractivity contribution in [1.29, 1.82) is 0 Å². The molecule has 0 bridgehead atoms. The summed E-state index contributed by atoms with van der Waals surface area (Å²) in [4.78, 5) is 4.41. The van der Waals surface area contributed by atoms with Crippen LogP contribution < -0.4 is 0 Å². The highest BCUT2D eigenvalue weighted by Crippen LogP contribution is 2.21. The van der Waals surface area contributed by atoms with E-state index >= 15 is 0 Å². The Balaban J connectivity index is 2.54. The molecule has 59 valence electrons. The number of allylic oxidation sites excluding steroid dienone is 1. The number of para-hydroxylation sites is 1. The Kier molecular flexibility index (Phi) is 1.92. The number of thiazole rings is 1. The summed E-state index contributed by atoms with van der Waals surface area (Å²) in [5.74, 6) is 0. The van der Waals surface area contributed by atoms with Crippen molar-refractivity contribution in [2.24, 2.45) is 0 Å². The molecular formula is C10H8NS. The average molecular weight is 174 g/mol. The molecule has 0 saturated carbocycles. The lowest BCUT2D eigenvalue weighted by molar-refractivity contribution is 1.21. The van der Waals surface area contributed by atoms with Gasteiger partial charge in [-0.25, -0.2) is 4.98 Å². The zero-order chi connectivity index (χ0) is 8.39. The Labute approximate surface area is 75.4 Å². The SMILES string of the molecule is [CH]=CCc1nc2ccccc2s1. The van der Waals surface area contributed by atoms with Crippen LogP contribution in [0, 0.1) is 6.58 Å². The highest BCUT2D eigenvalue weighted by Gasteiger charge is 1.99. The number of rotatable bonds is 2. The summed E-state index contributed by atoms with van der Waals surface area (Å²) in [6.45, 7) is 5.32. The minimum atomic E-state index is 0.763. The van der Waals surface area contributed by atoms with Crippen LogP contribution in [-0.4, -0.2) is 4.98 Å². The van der Waals surface area contributed by atoms with Crippen molar-refractivity contribution in [3.8, 4) is 0 Å². The van der Waals surface area contributed by atoms with E-state index in [1.165, 1.54) is 4.70 Å². The maximum absolute atomic E-state index is 5.32. The van der Waals surface area contributed by atoms with Gasteiger partial charge in [0.05, 0.1) is 15.2 Å². The molecule has 0 aliphatic rings. The molecule has 2 aromatic rings. The topological polar surface area (TPSA) is 12.9 Å². The van der Waals surface area contributed by atoms with Gasteiger partial charge < -0.3 is 0 Å². The summed E-state index contributed by atoms with van der Waals surface area (Å²) in [6, 6.07) is 8.12. The molecular weight excluding hydrogens is 166 g/mol. The van der Waals surface area contributed by atoms with E-state index in [1.807, 2.05) is 18.2 Å². The van der Waals surface area contributed by atoms with Crippen LogP contribution >= 0.6 is 11.3 Å². The fourth-order valence-corrected chi connectivity index (χ4v) is 2.05. The van der Waals surface area contributed by atoms with Crippen LogP contribution in [0.5, 0.6) is 0 Å². The molecule has 0 atom stereocenters. The first-order chi connectivity index (χ1) is 5.90. The number of hydrogen-bond acceptors (Lipinski definition) is 2. The van der Waals surface area contributed by atoms with Gasteiger partial charge in [-0.3, -0.25) is 0 Å². The van der Waals surface area contributed by atoms with Crippen molar-refractivity contribution in [2.75, 3.05) is 0 Å². The third kappa shape index (κ3) is 1.25. The van der Waals surface area contributed by atoms with E-state index in [0.29, 0.717) is 0 Å². The number of aromatic nitrogens is 1. The molecule has 0 N–H and O–H groups in total. The van der Waals surface area contributed by atoms with Crippen molar-refractivity contribution in [3.05, 3.63) is 41.9 Å². The van der Waals surface area contributed by atoms with Gasteiger partial charge in [-0.2, -0.15) is 0 Å². The molecule has 2 rings (SSSR count). The maximum Gasteiger partial charge on any atom is 0.0976 e. The first-order valence-corrected chi connectivity index (χ1v) is 4.59. The third-order valence-electron chi connectivity index (χ3n) is 1.63. The Hall–Kier alpha value is -1.15. The van der Waals surface area contributed by atoms with Gasteiger partial charge in [0.2, 0.25) is 0 Å². The molecule has 1 heterocycles. The molecule has 1 aromatic carbocycles. The summed E-state index contributed by atoms with van der Waals surface area (Å²) in [6.07, 6.45) is 2.40. The molecule has 12 heavy (non-hydrogen) atoms. The van der Waals surface area contributed by atoms with E-state index in [4.69, 9.17) is 6.58 Å². The predicted octanol–water partition coefficient (Wildman–Crippen LogP) is 2.83. The molecule has 1 radical (unpaired) electrons. The van der Waals surface area contributed by atoms with Gasteiger partial charge in [0.15, 0.2) is 0 Å². The molecule has 0 spiro atoms. The Morgan fingerprint density at radius 2 is 2.25 bits per heavy atom. The quantitative estimate of drug-likeness (QED) is 0.682. The highest BCUT2D eigenvalue weighted by molar-refractivity contribution is 7.18. The fraction of sp³-hybridized carbons (Fsp3) is 0.100. The van der Waals surface area contributed by atoms with Gasteiger partial charge >= 0.3 is 0 Å². The highest BCUT2D eigenvalue weighted by atomic mass is 32.1. The molecule has 0 amide bonds. The molecule has 0 fully saturated rings. The maximum atomic E-state index is 5.32. The lowest BCUT2D eigenvalue weighted by atomic mass is 10.3. The van der Waals surface area contributed by atoms with Gasteiger partial charge in [-0.1, -0.05) is 24.8 Å². The van der Waals surface area contributed by atoms with Gasteiger partial charge in [0.1, 0.15) is 0 Å². The first kappa shape index (κ1) is 7.50. The van der Waals surface area contributed by atoms with Gasteiger partial charge in [-0.05, 0) is 12.1 Å². The Morgan fingerprint density at radius 3 is 3.00 bits per heavy atom. The van der Waals surface area contributed by atoms with Crippen molar-refractivity contribution < 1.29 is 0 Å². The summed E-state index contributed by atoms with van der Waals surface area (Å²) < 4.78 is 1.23. The minimum absolute atomic E-state index is 0.763. The predicted molar refractivity (Wildman–Crippen MR) is 52.2 cm³/mol. The van der Waals surface area contributed by atoms with E-state index in [0.717, 1.165) is 16.9 Å². The molecule has 0 unspecified atom stereocenters. The number of nitrogens with zero attached hydrogens (tertiary/aromatic N) is 1. The van der Waals surface area contributed by atoms with Crippen LogP contribution in [0.3, 0.4) is 0 Å². The van der Waals surface area contributed by atoms with Crippen molar-refractivity contribution in [2.45, 2.75) is 6.42 Å². The number of benzene rings is 1. The van der Waals surface area contributed by atoms with Crippen molar-refractivity contribution >= 4 is 21.6 Å². The number of fused-ring (bicyclic) bond motifs is 1. The summed E-state index contributed by atoms with van der Waals surface area (Å²) in [7, 11) is 0. The zero-order valence-corrected chi connectivity index (χ0v) is 7.34. The van der Waals surface area contributed by atoms with Crippen molar-refractivity contribution in [3.63, 3.8) is 0 Å². The number of hydrogen-bond donors (Lipinski definition) is 0. The van der Waals surface area contributed by atoms with Gasteiger partial charge in [0.25, 0.3) is 0 Å². The minimum Gasteiger partial charge on any atom is -0.241 e. The molecule has 0 aliphatic heterocycles. The molecule has 1 aromatic heterocycles. The second-order valence-electron chi connectivity index (χ2n) is 2.52. The molecule has 0 saturated heterocycles. The second-order valence-corrected chi connectivity index (χ2v) is 3.63. The summed E-state index contributed by atoms with van der Waals surface area (Å²) in [5, 5.41) is 1.08. The lowest BCUT2D eigenvalue weighted by Gasteiger charge is -1.81. The van der Waals surface area contributed by atoms with Crippen LogP contribution in [0.1, 0.15) is 5.01 Å². The van der Waals surface area contributed by atoms with E-state index < -0.39 is 0 Å². The molecule has 1 nitrogen and oxygen atoms in total. The van der Waals surface area contributed by atoms with E-state index in [-0.39, 0.29) is 0 Å². The van der Waals surface area contributed by atoms with Crippen LogP contribution in [0.25, 0.3) is 10.2 Å². The van der Waals surface area contributed by atoms with Crippen LogP contribution in [0.15, 0.2) is 30.3 Å². The van der Waals surface area contributed by atoms with Crippen molar-refractivity contribution in [1.82, 2.24) is 4.98 Å². The van der Waals surface area contributed by atoms with Crippen LogP contribution in [0.2, 0.25) is 0 Å². The van der Waals surface area contributed by atoms with Crippen LogP contribution in [-0.2, 0) is 6.42 Å². The van der Waals surface area contributed by atoms with E-state index in [9.17, 15) is 0 Å². The lowest BCUT2D eigenvalue weighted by Crippen LogP contribution is -1.75. The smallest absolute Gasteiger partial charge is 0.0976 e. The van der Waals surface area contributed by atoms with Gasteiger partial charge in [-0.15, -0.1) is 11.3 Å². The Bertz CT molecular complexity index is 370. The third-order valence-corrected chi connectivity index (χ3v) is 2.69. The fourth-order valence-electron chi connectivity index (χ4n) is 1.11.